The van der Waals surface area contributed by atoms with E-state index in [1.807, 2.05) is 30.3 Å². The molecule has 0 saturated carbocycles. The third-order valence-electron chi connectivity index (χ3n) is 2.39. The molecule has 0 aliphatic rings. The summed E-state index contributed by atoms with van der Waals surface area (Å²) in [6.45, 7) is 10.5. The van der Waals surface area contributed by atoms with Crippen molar-refractivity contribution >= 4 is 8.07 Å². The topological polar surface area (TPSA) is 20.2 Å². The summed E-state index contributed by atoms with van der Waals surface area (Å²) in [7, 11) is -1.24. The van der Waals surface area contributed by atoms with Crippen LogP contribution >= 0.6 is 0 Å². The van der Waals surface area contributed by atoms with E-state index in [0.29, 0.717) is 0 Å². The van der Waals surface area contributed by atoms with Gasteiger partial charge in [-0.05, 0) is 11.6 Å². The summed E-state index contributed by atoms with van der Waals surface area (Å²) in [5.74, 6) is 0. The molecular formula is C14H20OSi. The second-order valence-electron chi connectivity index (χ2n) is 5.25. The lowest BCUT2D eigenvalue weighted by Crippen LogP contribution is -2.21. The Morgan fingerprint density at radius 3 is 2.31 bits per heavy atom. The van der Waals surface area contributed by atoms with Gasteiger partial charge in [0.15, 0.2) is 0 Å². The van der Waals surface area contributed by atoms with E-state index in [2.05, 4.69) is 32.0 Å². The second-order valence-corrected chi connectivity index (χ2v) is 10.7. The molecule has 2 heteroatoms. The van der Waals surface area contributed by atoms with E-state index in [4.69, 9.17) is 0 Å². The molecule has 1 aromatic rings. The summed E-state index contributed by atoms with van der Waals surface area (Å²) >= 11 is 0. The standard InChI is InChI=1S/C14H20OSi/c1-5-12(11-16(2,3)4)14(15)13-9-7-6-8-10-13/h6-10,14-15H,1,11H2,2-4H3/t14-/m1/s1. The van der Waals surface area contributed by atoms with Gasteiger partial charge in [-0.25, -0.2) is 0 Å². The van der Waals surface area contributed by atoms with Crippen molar-refractivity contribution in [1.29, 1.82) is 0 Å². The van der Waals surface area contributed by atoms with Gasteiger partial charge in [-0.1, -0.05) is 56.6 Å². The normalized spacial score (nSPS) is 13.0. The minimum absolute atomic E-state index is 0.551. The van der Waals surface area contributed by atoms with E-state index >= 15 is 0 Å². The van der Waals surface area contributed by atoms with Crippen molar-refractivity contribution in [2.75, 3.05) is 0 Å². The Bertz CT molecular complexity index is 383. The molecule has 1 aromatic carbocycles. The van der Waals surface area contributed by atoms with Gasteiger partial charge in [0.25, 0.3) is 0 Å². The van der Waals surface area contributed by atoms with Gasteiger partial charge < -0.3 is 5.11 Å². The maximum absolute atomic E-state index is 10.2. The van der Waals surface area contributed by atoms with Gasteiger partial charge in [0.05, 0.1) is 0 Å². The van der Waals surface area contributed by atoms with Gasteiger partial charge in [0.1, 0.15) is 6.10 Å². The molecule has 86 valence electrons. The molecule has 0 heterocycles. The highest BCUT2D eigenvalue weighted by Crippen LogP contribution is 2.27. The number of aliphatic hydroxyl groups excluding tert-OH is 1. The Labute approximate surface area is 99.1 Å². The third kappa shape index (κ3) is 3.82. The molecule has 0 aromatic heterocycles. The Morgan fingerprint density at radius 1 is 1.31 bits per heavy atom. The highest BCUT2D eigenvalue weighted by molar-refractivity contribution is 6.76. The summed E-state index contributed by atoms with van der Waals surface area (Å²) in [5.41, 5.74) is 4.75. The molecule has 0 radical (unpaired) electrons. The molecule has 1 rings (SSSR count). The molecule has 1 nitrogen and oxygen atoms in total. The first-order valence-electron chi connectivity index (χ1n) is 5.56. The highest BCUT2D eigenvalue weighted by atomic mass is 28.3. The number of rotatable bonds is 4. The summed E-state index contributed by atoms with van der Waals surface area (Å²) in [5, 5.41) is 10.2. The fourth-order valence-electron chi connectivity index (χ4n) is 1.66. The van der Waals surface area contributed by atoms with Crippen molar-refractivity contribution in [3.8, 4) is 0 Å². The minimum atomic E-state index is -1.24. The highest BCUT2D eigenvalue weighted by Gasteiger charge is 2.20. The summed E-state index contributed by atoms with van der Waals surface area (Å²) in [6.07, 6.45) is -0.551. The number of aliphatic hydroxyl groups is 1. The van der Waals surface area contributed by atoms with E-state index in [1.165, 1.54) is 0 Å². The van der Waals surface area contributed by atoms with Crippen LogP contribution in [0.25, 0.3) is 0 Å². The van der Waals surface area contributed by atoms with Gasteiger partial charge in [-0.15, -0.1) is 5.73 Å². The fraction of sp³-hybridized carbons (Fsp3) is 0.357. The first-order chi connectivity index (χ1) is 7.44. The minimum Gasteiger partial charge on any atom is -0.383 e. The van der Waals surface area contributed by atoms with Crippen molar-refractivity contribution in [2.45, 2.75) is 31.8 Å². The molecule has 1 atom stereocenters. The van der Waals surface area contributed by atoms with E-state index in [-0.39, 0.29) is 0 Å². The zero-order chi connectivity index (χ0) is 12.2. The van der Waals surface area contributed by atoms with Gasteiger partial charge >= 0.3 is 0 Å². The Balaban J connectivity index is 2.88. The molecule has 0 saturated heterocycles. The van der Waals surface area contributed by atoms with Crippen LogP contribution in [0.5, 0.6) is 0 Å². The van der Waals surface area contributed by atoms with Crippen LogP contribution in [0.1, 0.15) is 11.7 Å². The van der Waals surface area contributed by atoms with Gasteiger partial charge in [0.2, 0.25) is 0 Å². The van der Waals surface area contributed by atoms with Gasteiger partial charge in [0, 0.05) is 13.6 Å². The van der Waals surface area contributed by atoms with Crippen LogP contribution in [-0.4, -0.2) is 13.2 Å². The summed E-state index contributed by atoms with van der Waals surface area (Å²) < 4.78 is 0. The Morgan fingerprint density at radius 2 is 1.88 bits per heavy atom. The van der Waals surface area contributed by atoms with E-state index in [1.54, 1.807) is 0 Å². The molecule has 0 amide bonds. The lowest BCUT2D eigenvalue weighted by molar-refractivity contribution is 0.216. The van der Waals surface area contributed by atoms with Crippen LogP contribution in [0.4, 0.5) is 0 Å². The predicted octanol–water partition coefficient (Wildman–Crippen LogP) is 3.77. The molecule has 0 fully saturated rings. The molecular weight excluding hydrogens is 212 g/mol. The maximum atomic E-state index is 10.2. The summed E-state index contributed by atoms with van der Waals surface area (Å²) in [4.78, 5) is 0. The molecule has 0 bridgehead atoms. The quantitative estimate of drug-likeness (QED) is 0.619. The Kier molecular flexibility index (Phi) is 4.31. The zero-order valence-electron chi connectivity index (χ0n) is 10.3. The van der Waals surface area contributed by atoms with Crippen LogP contribution in [0.15, 0.2) is 48.2 Å². The lowest BCUT2D eigenvalue weighted by atomic mass is 10.0. The van der Waals surface area contributed by atoms with Gasteiger partial charge in [-0.2, -0.15) is 0 Å². The number of hydrogen-bond donors (Lipinski definition) is 1. The summed E-state index contributed by atoms with van der Waals surface area (Å²) in [6, 6.07) is 10.6. The average molecular weight is 232 g/mol. The molecule has 1 N–H and O–H groups in total. The van der Waals surface area contributed by atoms with E-state index < -0.39 is 14.2 Å². The fourth-order valence-corrected chi connectivity index (χ4v) is 3.12. The SMILES string of the molecule is C=C=C(C[Si](C)(C)C)[C@@H](O)c1ccccc1. The lowest BCUT2D eigenvalue weighted by Gasteiger charge is -2.21. The van der Waals surface area contributed by atoms with Crippen molar-refractivity contribution in [3.63, 3.8) is 0 Å². The Hall–Kier alpha value is -1.08. The first-order valence-corrected chi connectivity index (χ1v) is 9.26. The smallest absolute Gasteiger partial charge is 0.107 e. The molecule has 16 heavy (non-hydrogen) atoms. The maximum Gasteiger partial charge on any atom is 0.107 e. The van der Waals surface area contributed by atoms with Crippen molar-refractivity contribution in [2.24, 2.45) is 0 Å². The molecule has 0 spiro atoms. The number of hydrogen-bond acceptors (Lipinski definition) is 1. The first kappa shape index (κ1) is 13.0. The van der Waals surface area contributed by atoms with Crippen LogP contribution in [0, 0.1) is 0 Å². The van der Waals surface area contributed by atoms with Gasteiger partial charge in [-0.3, -0.25) is 0 Å². The predicted molar refractivity (Wildman–Crippen MR) is 72.2 cm³/mol. The average Bonchev–Trinajstić information content (AvgIpc) is 2.25. The second kappa shape index (κ2) is 5.31. The van der Waals surface area contributed by atoms with Crippen LogP contribution in [0.2, 0.25) is 25.7 Å². The van der Waals surface area contributed by atoms with Crippen molar-refractivity contribution < 1.29 is 5.11 Å². The van der Waals surface area contributed by atoms with Crippen LogP contribution < -0.4 is 0 Å². The van der Waals surface area contributed by atoms with Crippen LogP contribution in [-0.2, 0) is 0 Å². The van der Waals surface area contributed by atoms with E-state index in [9.17, 15) is 5.11 Å². The van der Waals surface area contributed by atoms with Crippen molar-refractivity contribution in [3.05, 3.63) is 53.8 Å². The van der Waals surface area contributed by atoms with Crippen LogP contribution in [0.3, 0.4) is 0 Å². The zero-order valence-corrected chi connectivity index (χ0v) is 11.3. The monoisotopic (exact) mass is 232 g/mol. The molecule has 0 aliphatic carbocycles. The molecule has 0 unspecified atom stereocenters. The molecule has 0 aliphatic heterocycles. The largest absolute Gasteiger partial charge is 0.383 e. The van der Waals surface area contributed by atoms with E-state index in [0.717, 1.165) is 17.2 Å². The third-order valence-corrected chi connectivity index (χ3v) is 3.83. The number of benzene rings is 1. The van der Waals surface area contributed by atoms with Crippen molar-refractivity contribution in [1.82, 2.24) is 0 Å².